The predicted molar refractivity (Wildman–Crippen MR) is 122 cm³/mol. The van der Waals surface area contributed by atoms with Crippen LogP contribution in [0.1, 0.15) is 29.5 Å². The number of carbonyl (C=O) groups is 3. The molecule has 35 heavy (non-hydrogen) atoms. The summed E-state index contributed by atoms with van der Waals surface area (Å²) in [6.07, 6.45) is -1.62. The summed E-state index contributed by atoms with van der Waals surface area (Å²) < 4.78 is 23.9. The van der Waals surface area contributed by atoms with E-state index in [0.717, 1.165) is 6.07 Å². The van der Waals surface area contributed by atoms with E-state index in [2.05, 4.69) is 5.43 Å². The molecule has 0 aliphatic heterocycles. The first-order valence-corrected chi connectivity index (χ1v) is 10.7. The molecule has 0 spiro atoms. The molecule has 3 aromatic rings. The summed E-state index contributed by atoms with van der Waals surface area (Å²) in [5.41, 5.74) is 3.27. The number of aliphatic carboxylic acids is 1. The van der Waals surface area contributed by atoms with E-state index < -0.39 is 41.9 Å². The molecular weight excluding hydrogens is 485 g/mol. The molecule has 12 heteroatoms. The van der Waals surface area contributed by atoms with Crippen LogP contribution in [0.5, 0.6) is 0 Å². The quantitative estimate of drug-likeness (QED) is 0.282. The van der Waals surface area contributed by atoms with Crippen LogP contribution in [-0.2, 0) is 20.9 Å². The molecule has 1 amide bonds. The number of benzene rings is 2. The molecule has 0 aliphatic carbocycles. The van der Waals surface area contributed by atoms with Crippen LogP contribution in [0, 0.1) is 5.82 Å². The number of hydrazine groups is 1. The van der Waals surface area contributed by atoms with Gasteiger partial charge in [0.15, 0.2) is 0 Å². The Kier molecular flexibility index (Phi) is 8.39. The second kappa shape index (κ2) is 11.4. The van der Waals surface area contributed by atoms with Crippen LogP contribution in [-0.4, -0.2) is 45.8 Å². The van der Waals surface area contributed by atoms with Crippen molar-refractivity contribution in [2.45, 2.75) is 26.0 Å². The molecule has 184 valence electrons. The van der Waals surface area contributed by atoms with E-state index in [0.29, 0.717) is 21.7 Å². The molecule has 0 saturated heterocycles. The number of hydrogen-bond donors (Lipinski definition) is 3. The van der Waals surface area contributed by atoms with E-state index in [1.807, 2.05) is 5.16 Å². The van der Waals surface area contributed by atoms with Crippen LogP contribution < -0.4 is 11.0 Å². The monoisotopic (exact) mass is 505 g/mol. The standard InChI is InChI=1S/C23H21ClFN3O7/c1-2-21(30)34-19(23(32)33)12-28(26-22(31)18-10-20(29)27-35-18)11-13-3-5-14(6-4-13)16-9-15(24)7-8-17(16)25/h3-10,19H,2,11-12H2,1H3,(H,26,31)(H,27,29)(H,32,33)/t19-/m1/s1. The topological polar surface area (TPSA) is 142 Å². The number of carboxylic acid groups (broad SMARTS) is 1. The molecule has 10 nitrogen and oxygen atoms in total. The number of ether oxygens (including phenoxy) is 1. The Hall–Kier alpha value is -3.96. The zero-order valence-electron chi connectivity index (χ0n) is 18.4. The number of rotatable bonds is 10. The SMILES string of the molecule is CCC(=O)O[C@H](CN(Cc1ccc(-c2cc(Cl)ccc2F)cc1)NC(=O)c1cc(=O)[nH]o1)C(=O)O. The largest absolute Gasteiger partial charge is 0.478 e. The highest BCUT2D eigenvalue weighted by Gasteiger charge is 2.27. The summed E-state index contributed by atoms with van der Waals surface area (Å²) in [7, 11) is 0. The van der Waals surface area contributed by atoms with Crippen LogP contribution >= 0.6 is 11.6 Å². The third kappa shape index (κ3) is 7.01. The van der Waals surface area contributed by atoms with Gasteiger partial charge in [-0.15, -0.1) is 0 Å². The van der Waals surface area contributed by atoms with Gasteiger partial charge in [-0.05, 0) is 29.3 Å². The van der Waals surface area contributed by atoms with Crippen LogP contribution in [0.3, 0.4) is 0 Å². The van der Waals surface area contributed by atoms with Crippen molar-refractivity contribution in [1.29, 1.82) is 0 Å². The third-order valence-corrected chi connectivity index (χ3v) is 5.03. The highest BCUT2D eigenvalue weighted by atomic mass is 35.5. The Morgan fingerprint density at radius 2 is 1.91 bits per heavy atom. The number of hydrogen-bond acceptors (Lipinski definition) is 7. The third-order valence-electron chi connectivity index (χ3n) is 4.80. The first kappa shape index (κ1) is 25.7. The van der Waals surface area contributed by atoms with Gasteiger partial charge in [-0.3, -0.25) is 19.8 Å². The maximum Gasteiger partial charge on any atom is 0.346 e. The van der Waals surface area contributed by atoms with Crippen molar-refractivity contribution >= 4 is 29.4 Å². The number of halogens is 2. The number of carboxylic acids is 1. The number of esters is 1. The minimum atomic E-state index is -1.58. The maximum atomic E-state index is 14.2. The van der Waals surface area contributed by atoms with Gasteiger partial charge in [0, 0.05) is 23.6 Å². The molecule has 0 bridgehead atoms. The fourth-order valence-electron chi connectivity index (χ4n) is 3.08. The van der Waals surface area contributed by atoms with Crippen LogP contribution in [0.25, 0.3) is 11.1 Å². The number of aromatic nitrogens is 1. The minimum Gasteiger partial charge on any atom is -0.478 e. The van der Waals surface area contributed by atoms with Gasteiger partial charge in [0.05, 0.1) is 12.6 Å². The van der Waals surface area contributed by atoms with Crippen molar-refractivity contribution in [3.8, 4) is 11.1 Å². The van der Waals surface area contributed by atoms with Crippen LogP contribution in [0.4, 0.5) is 4.39 Å². The number of amides is 1. The average Bonchev–Trinajstić information content (AvgIpc) is 3.27. The summed E-state index contributed by atoms with van der Waals surface area (Å²) in [4.78, 5) is 47.0. The molecule has 0 saturated carbocycles. The lowest BCUT2D eigenvalue weighted by molar-refractivity contribution is -0.165. The smallest absolute Gasteiger partial charge is 0.346 e. The van der Waals surface area contributed by atoms with Gasteiger partial charge in [-0.25, -0.2) is 14.2 Å². The molecule has 0 radical (unpaired) electrons. The average molecular weight is 506 g/mol. The Bertz CT molecular complexity index is 1270. The van der Waals surface area contributed by atoms with Gasteiger partial charge in [-0.2, -0.15) is 5.16 Å². The van der Waals surface area contributed by atoms with E-state index in [9.17, 15) is 28.7 Å². The lowest BCUT2D eigenvalue weighted by atomic mass is 10.0. The van der Waals surface area contributed by atoms with Crippen LogP contribution in [0.2, 0.25) is 5.02 Å². The molecule has 0 unspecified atom stereocenters. The molecule has 1 atom stereocenters. The normalized spacial score (nSPS) is 11.8. The van der Waals surface area contributed by atoms with E-state index in [-0.39, 0.29) is 18.7 Å². The van der Waals surface area contributed by atoms with Gasteiger partial charge in [0.1, 0.15) is 5.82 Å². The molecule has 1 aromatic heterocycles. The van der Waals surface area contributed by atoms with E-state index in [4.69, 9.17) is 20.9 Å². The molecular formula is C23H21ClFN3O7. The van der Waals surface area contributed by atoms with Gasteiger partial charge in [0.2, 0.25) is 11.9 Å². The summed E-state index contributed by atoms with van der Waals surface area (Å²) in [5, 5.41) is 13.0. The van der Waals surface area contributed by atoms with E-state index in [1.165, 1.54) is 30.1 Å². The number of nitrogens with zero attached hydrogens (tertiary/aromatic N) is 1. The van der Waals surface area contributed by atoms with Crippen molar-refractivity contribution in [1.82, 2.24) is 15.6 Å². The van der Waals surface area contributed by atoms with Gasteiger partial charge in [-0.1, -0.05) is 42.8 Å². The Morgan fingerprint density at radius 3 is 2.51 bits per heavy atom. The van der Waals surface area contributed by atoms with Crippen molar-refractivity contribution < 1.29 is 33.1 Å². The number of nitrogens with one attached hydrogen (secondary N) is 2. The highest BCUT2D eigenvalue weighted by molar-refractivity contribution is 6.30. The van der Waals surface area contributed by atoms with Gasteiger partial charge >= 0.3 is 17.8 Å². The second-order valence-corrected chi connectivity index (χ2v) is 7.83. The Balaban J connectivity index is 1.82. The fraction of sp³-hybridized carbons (Fsp3) is 0.217. The molecule has 0 fully saturated rings. The fourth-order valence-corrected chi connectivity index (χ4v) is 3.25. The molecule has 2 aromatic carbocycles. The highest BCUT2D eigenvalue weighted by Crippen LogP contribution is 2.26. The minimum absolute atomic E-state index is 0.0217. The summed E-state index contributed by atoms with van der Waals surface area (Å²) >= 11 is 5.96. The first-order chi connectivity index (χ1) is 16.7. The van der Waals surface area contributed by atoms with E-state index in [1.54, 1.807) is 24.3 Å². The molecule has 1 heterocycles. The summed E-state index contributed by atoms with van der Waals surface area (Å²) in [6.45, 7) is 1.08. The Labute approximate surface area is 203 Å². The zero-order valence-corrected chi connectivity index (χ0v) is 19.2. The molecule has 3 N–H and O–H groups in total. The number of H-pyrrole nitrogens is 1. The molecule has 0 aliphatic rings. The number of aromatic amines is 1. The Morgan fingerprint density at radius 1 is 1.20 bits per heavy atom. The van der Waals surface area contributed by atoms with Crippen molar-refractivity contribution in [2.24, 2.45) is 0 Å². The van der Waals surface area contributed by atoms with Gasteiger partial charge < -0.3 is 14.4 Å². The first-order valence-electron chi connectivity index (χ1n) is 10.4. The second-order valence-electron chi connectivity index (χ2n) is 7.39. The molecule has 3 rings (SSSR count). The van der Waals surface area contributed by atoms with E-state index >= 15 is 0 Å². The lowest BCUT2D eigenvalue weighted by Gasteiger charge is -2.25. The number of carbonyl (C=O) groups excluding carboxylic acids is 2. The van der Waals surface area contributed by atoms with Crippen molar-refractivity contribution in [3.05, 3.63) is 81.0 Å². The van der Waals surface area contributed by atoms with Crippen LogP contribution in [0.15, 0.2) is 57.8 Å². The maximum absolute atomic E-state index is 14.2. The summed E-state index contributed by atoms with van der Waals surface area (Å²) in [6, 6.07) is 11.7. The summed E-state index contributed by atoms with van der Waals surface area (Å²) in [5.74, 6) is -3.75. The van der Waals surface area contributed by atoms with Gasteiger partial charge in [0.25, 0.3) is 5.56 Å². The zero-order chi connectivity index (χ0) is 25.5. The van der Waals surface area contributed by atoms with Crippen molar-refractivity contribution in [3.63, 3.8) is 0 Å². The lowest BCUT2D eigenvalue weighted by Crippen LogP contribution is -2.48. The van der Waals surface area contributed by atoms with Crippen molar-refractivity contribution in [2.75, 3.05) is 6.54 Å². The predicted octanol–water partition coefficient (Wildman–Crippen LogP) is 2.98.